The number of aromatic amines is 1. The van der Waals surface area contributed by atoms with Crippen LogP contribution in [0.4, 0.5) is 0 Å². The Morgan fingerprint density at radius 3 is 2.88 bits per heavy atom. The van der Waals surface area contributed by atoms with Gasteiger partial charge in [-0.3, -0.25) is 14.7 Å². The number of amides is 2. The van der Waals surface area contributed by atoms with E-state index < -0.39 is 6.04 Å². The molecule has 0 aliphatic carbocycles. The molecule has 1 aromatic carbocycles. The van der Waals surface area contributed by atoms with E-state index in [9.17, 15) is 9.59 Å². The van der Waals surface area contributed by atoms with Crippen molar-refractivity contribution in [1.82, 2.24) is 20.0 Å². The van der Waals surface area contributed by atoms with Gasteiger partial charge in [0.2, 0.25) is 5.91 Å². The molecule has 1 saturated heterocycles. The highest BCUT2D eigenvalue weighted by Crippen LogP contribution is 2.25. The minimum absolute atomic E-state index is 0.0177. The second kappa shape index (κ2) is 6.86. The SMILES string of the molecule is CN1CCCCC(N(C)C(=O)c2ccccc2-c2cn[nH]c2)C1=O. The summed E-state index contributed by atoms with van der Waals surface area (Å²) in [5, 5.41) is 6.73. The summed E-state index contributed by atoms with van der Waals surface area (Å²) in [5.41, 5.74) is 2.26. The first kappa shape index (κ1) is 16.2. The summed E-state index contributed by atoms with van der Waals surface area (Å²) < 4.78 is 0. The number of nitrogens with zero attached hydrogens (tertiary/aromatic N) is 3. The molecule has 0 spiro atoms. The molecule has 1 atom stereocenters. The first-order chi connectivity index (χ1) is 11.6. The number of hydrogen-bond donors (Lipinski definition) is 1. The van der Waals surface area contributed by atoms with E-state index in [2.05, 4.69) is 10.2 Å². The molecule has 1 unspecified atom stereocenters. The number of hydrogen-bond acceptors (Lipinski definition) is 3. The molecule has 2 aromatic rings. The largest absolute Gasteiger partial charge is 0.344 e. The van der Waals surface area contributed by atoms with Crippen molar-refractivity contribution < 1.29 is 9.59 Å². The summed E-state index contributed by atoms with van der Waals surface area (Å²) in [6.45, 7) is 0.753. The van der Waals surface area contributed by atoms with Gasteiger partial charge in [-0.2, -0.15) is 5.10 Å². The van der Waals surface area contributed by atoms with Gasteiger partial charge in [-0.1, -0.05) is 18.2 Å². The van der Waals surface area contributed by atoms with Crippen LogP contribution in [0.3, 0.4) is 0 Å². The van der Waals surface area contributed by atoms with Crippen molar-refractivity contribution in [2.75, 3.05) is 20.6 Å². The molecule has 1 fully saturated rings. The number of benzene rings is 1. The fraction of sp³-hybridized carbons (Fsp3) is 0.389. The van der Waals surface area contributed by atoms with E-state index in [0.29, 0.717) is 12.0 Å². The number of carbonyl (C=O) groups excluding carboxylic acids is 2. The molecule has 6 nitrogen and oxygen atoms in total. The minimum atomic E-state index is -0.401. The van der Waals surface area contributed by atoms with Gasteiger partial charge in [0.25, 0.3) is 5.91 Å². The van der Waals surface area contributed by atoms with Crippen molar-refractivity contribution in [3.63, 3.8) is 0 Å². The lowest BCUT2D eigenvalue weighted by Gasteiger charge is -2.29. The highest BCUT2D eigenvalue weighted by molar-refractivity contribution is 6.02. The van der Waals surface area contributed by atoms with Gasteiger partial charge in [0.1, 0.15) is 6.04 Å². The third-order valence-electron chi connectivity index (χ3n) is 4.64. The Balaban J connectivity index is 1.90. The molecule has 1 aliphatic heterocycles. The number of likely N-dealkylation sites (N-methyl/N-ethyl adjacent to an activating group) is 2. The molecule has 1 N–H and O–H groups in total. The quantitative estimate of drug-likeness (QED) is 0.940. The molecule has 0 bridgehead atoms. The van der Waals surface area contributed by atoms with Gasteiger partial charge in [-0.05, 0) is 30.9 Å². The van der Waals surface area contributed by atoms with Crippen LogP contribution in [0.15, 0.2) is 36.7 Å². The van der Waals surface area contributed by atoms with E-state index in [1.54, 1.807) is 42.4 Å². The van der Waals surface area contributed by atoms with Crippen LogP contribution in [-0.2, 0) is 4.79 Å². The maximum atomic E-state index is 13.0. The Kier molecular flexibility index (Phi) is 4.64. The second-order valence-electron chi connectivity index (χ2n) is 6.22. The van der Waals surface area contributed by atoms with E-state index in [0.717, 1.165) is 30.5 Å². The molecule has 2 amide bonds. The summed E-state index contributed by atoms with van der Waals surface area (Å²) in [6.07, 6.45) is 6.08. The average molecular weight is 326 g/mol. The lowest BCUT2D eigenvalue weighted by atomic mass is 10.0. The molecule has 0 saturated carbocycles. The van der Waals surface area contributed by atoms with E-state index >= 15 is 0 Å². The number of nitrogens with one attached hydrogen (secondary N) is 1. The van der Waals surface area contributed by atoms with E-state index in [1.807, 2.05) is 18.2 Å². The van der Waals surface area contributed by atoms with E-state index in [4.69, 9.17) is 0 Å². The average Bonchev–Trinajstić information content (AvgIpc) is 3.09. The third kappa shape index (κ3) is 3.04. The Morgan fingerprint density at radius 2 is 2.12 bits per heavy atom. The van der Waals surface area contributed by atoms with Crippen LogP contribution in [0.5, 0.6) is 0 Å². The molecular weight excluding hydrogens is 304 g/mol. The molecule has 3 rings (SSSR count). The van der Waals surface area contributed by atoms with Gasteiger partial charge in [0.15, 0.2) is 0 Å². The van der Waals surface area contributed by atoms with Crippen molar-refractivity contribution in [3.8, 4) is 11.1 Å². The van der Waals surface area contributed by atoms with Gasteiger partial charge >= 0.3 is 0 Å². The Labute approximate surface area is 141 Å². The van der Waals surface area contributed by atoms with Crippen LogP contribution in [0.2, 0.25) is 0 Å². The maximum Gasteiger partial charge on any atom is 0.254 e. The fourth-order valence-corrected chi connectivity index (χ4v) is 3.19. The lowest BCUT2D eigenvalue weighted by molar-refractivity contribution is -0.133. The molecule has 0 radical (unpaired) electrons. The third-order valence-corrected chi connectivity index (χ3v) is 4.64. The summed E-state index contributed by atoms with van der Waals surface area (Å²) >= 11 is 0. The summed E-state index contributed by atoms with van der Waals surface area (Å²) in [6, 6.07) is 7.02. The summed E-state index contributed by atoms with van der Waals surface area (Å²) in [4.78, 5) is 28.9. The van der Waals surface area contributed by atoms with Crippen LogP contribution >= 0.6 is 0 Å². The van der Waals surface area contributed by atoms with Gasteiger partial charge in [0.05, 0.1) is 6.20 Å². The van der Waals surface area contributed by atoms with Crippen molar-refractivity contribution >= 4 is 11.8 Å². The smallest absolute Gasteiger partial charge is 0.254 e. The first-order valence-corrected chi connectivity index (χ1v) is 8.20. The standard InChI is InChI=1S/C18H22N4O2/c1-21-10-6-5-9-16(18(21)24)22(2)17(23)15-8-4-3-7-14(15)13-11-19-20-12-13/h3-4,7-8,11-12,16H,5-6,9-10H2,1-2H3,(H,19,20). The zero-order valence-corrected chi connectivity index (χ0v) is 14.0. The first-order valence-electron chi connectivity index (χ1n) is 8.20. The number of carbonyl (C=O) groups is 2. The fourth-order valence-electron chi connectivity index (χ4n) is 3.19. The van der Waals surface area contributed by atoms with Gasteiger partial charge in [-0.25, -0.2) is 0 Å². The molecule has 24 heavy (non-hydrogen) atoms. The number of H-pyrrole nitrogens is 1. The Bertz CT molecular complexity index is 726. The Morgan fingerprint density at radius 1 is 1.33 bits per heavy atom. The van der Waals surface area contributed by atoms with Crippen molar-refractivity contribution in [2.24, 2.45) is 0 Å². The van der Waals surface area contributed by atoms with Crippen molar-refractivity contribution in [1.29, 1.82) is 0 Å². The lowest BCUT2D eigenvalue weighted by Crippen LogP contribution is -2.47. The van der Waals surface area contributed by atoms with Crippen molar-refractivity contribution in [2.45, 2.75) is 25.3 Å². The van der Waals surface area contributed by atoms with Gasteiger partial charge in [-0.15, -0.1) is 0 Å². The second-order valence-corrected chi connectivity index (χ2v) is 6.22. The van der Waals surface area contributed by atoms with Crippen LogP contribution < -0.4 is 0 Å². The molecule has 6 heteroatoms. The maximum absolute atomic E-state index is 13.0. The van der Waals surface area contributed by atoms with Crippen LogP contribution in [0, 0.1) is 0 Å². The number of aromatic nitrogens is 2. The zero-order valence-electron chi connectivity index (χ0n) is 14.0. The Hall–Kier alpha value is -2.63. The van der Waals surface area contributed by atoms with Crippen LogP contribution in [-0.4, -0.2) is 58.5 Å². The highest BCUT2D eigenvalue weighted by atomic mass is 16.2. The predicted molar refractivity (Wildman–Crippen MR) is 91.4 cm³/mol. The molecule has 1 aromatic heterocycles. The number of rotatable bonds is 3. The molecule has 1 aliphatic rings. The summed E-state index contributed by atoms with van der Waals surface area (Å²) in [5.74, 6) is -0.121. The van der Waals surface area contributed by atoms with Crippen molar-refractivity contribution in [3.05, 3.63) is 42.2 Å². The van der Waals surface area contributed by atoms with E-state index in [-0.39, 0.29) is 11.8 Å². The van der Waals surface area contributed by atoms with Gasteiger partial charge < -0.3 is 9.80 Å². The van der Waals surface area contributed by atoms with Gasteiger partial charge in [0, 0.05) is 38.0 Å². The normalized spacial score (nSPS) is 18.3. The molecular formula is C18H22N4O2. The summed E-state index contributed by atoms with van der Waals surface area (Å²) in [7, 11) is 3.52. The number of likely N-dealkylation sites (tertiary alicyclic amines) is 1. The monoisotopic (exact) mass is 326 g/mol. The predicted octanol–water partition coefficient (Wildman–Crippen LogP) is 2.16. The van der Waals surface area contributed by atoms with E-state index in [1.165, 1.54) is 0 Å². The molecule has 126 valence electrons. The zero-order chi connectivity index (χ0) is 17.1. The van der Waals surface area contributed by atoms with Crippen LogP contribution in [0.25, 0.3) is 11.1 Å². The molecule has 2 heterocycles. The van der Waals surface area contributed by atoms with Crippen LogP contribution in [0.1, 0.15) is 29.6 Å². The highest BCUT2D eigenvalue weighted by Gasteiger charge is 2.31. The topological polar surface area (TPSA) is 69.3 Å². The minimum Gasteiger partial charge on any atom is -0.344 e.